The zero-order chi connectivity index (χ0) is 14.7. The zero-order valence-corrected chi connectivity index (χ0v) is 15.1. The van der Waals surface area contributed by atoms with Crippen LogP contribution in [0, 0.1) is 3.57 Å². The van der Waals surface area contributed by atoms with Crippen molar-refractivity contribution in [2.75, 3.05) is 0 Å². The number of rotatable bonds is 4. The number of benzene rings is 2. The topological polar surface area (TPSA) is 29.5 Å². The molecule has 1 atom stereocenters. The van der Waals surface area contributed by atoms with E-state index in [1.165, 1.54) is 0 Å². The van der Waals surface area contributed by atoms with E-state index in [4.69, 9.17) is 4.74 Å². The molecule has 0 fully saturated rings. The number of hydrogen-bond donors (Lipinski definition) is 1. The summed E-state index contributed by atoms with van der Waals surface area (Å²) in [6.45, 7) is 3.99. The second-order valence-electron chi connectivity index (χ2n) is 4.80. The molecule has 0 aliphatic rings. The predicted octanol–water partition coefficient (Wildman–Crippen LogP) is 4.92. The van der Waals surface area contributed by atoms with Gasteiger partial charge in [-0.2, -0.15) is 0 Å². The Morgan fingerprint density at radius 3 is 2.35 bits per heavy atom. The largest absolute Gasteiger partial charge is 0.491 e. The second-order valence-corrected chi connectivity index (χ2v) is 6.88. The van der Waals surface area contributed by atoms with Gasteiger partial charge in [-0.05, 0) is 77.9 Å². The van der Waals surface area contributed by atoms with Crippen LogP contribution in [-0.2, 0) is 0 Å². The Morgan fingerprint density at radius 1 is 1.10 bits per heavy atom. The fourth-order valence-electron chi connectivity index (χ4n) is 1.90. The SMILES string of the molecule is CC(C)Oc1ccc(C(O)c2cc(Br)ccc2I)cc1. The van der Waals surface area contributed by atoms with Crippen LogP contribution in [0.4, 0.5) is 0 Å². The number of halogens is 2. The number of aliphatic hydroxyl groups is 1. The van der Waals surface area contributed by atoms with Gasteiger partial charge in [0.25, 0.3) is 0 Å². The van der Waals surface area contributed by atoms with Gasteiger partial charge < -0.3 is 9.84 Å². The number of ether oxygens (including phenoxy) is 1. The normalized spacial score (nSPS) is 12.5. The maximum Gasteiger partial charge on any atom is 0.119 e. The van der Waals surface area contributed by atoms with Crippen LogP contribution in [0.2, 0.25) is 0 Å². The standard InChI is InChI=1S/C16H16BrIO2/c1-10(2)20-13-6-3-11(4-7-13)16(19)14-9-12(17)5-8-15(14)18/h3-10,16,19H,1-2H3. The van der Waals surface area contributed by atoms with Gasteiger partial charge in [0, 0.05) is 8.04 Å². The molecule has 2 nitrogen and oxygen atoms in total. The summed E-state index contributed by atoms with van der Waals surface area (Å²) in [5.41, 5.74) is 1.76. The number of hydrogen-bond acceptors (Lipinski definition) is 2. The Balaban J connectivity index is 2.24. The molecule has 0 radical (unpaired) electrons. The van der Waals surface area contributed by atoms with Gasteiger partial charge in [-0.25, -0.2) is 0 Å². The average Bonchev–Trinajstić information content (AvgIpc) is 2.41. The van der Waals surface area contributed by atoms with Crippen molar-refractivity contribution >= 4 is 38.5 Å². The minimum Gasteiger partial charge on any atom is -0.491 e. The molecule has 2 aromatic carbocycles. The Bertz CT molecular complexity index is 582. The van der Waals surface area contributed by atoms with Crippen molar-refractivity contribution in [1.29, 1.82) is 0 Å². The summed E-state index contributed by atoms with van der Waals surface area (Å²) >= 11 is 5.68. The maximum absolute atomic E-state index is 10.5. The molecule has 20 heavy (non-hydrogen) atoms. The third-order valence-electron chi connectivity index (χ3n) is 2.82. The minimum absolute atomic E-state index is 0.150. The molecule has 4 heteroatoms. The molecule has 0 aliphatic heterocycles. The molecule has 0 aromatic heterocycles. The molecule has 1 unspecified atom stereocenters. The molecule has 106 valence electrons. The van der Waals surface area contributed by atoms with E-state index in [-0.39, 0.29) is 6.10 Å². The van der Waals surface area contributed by atoms with E-state index in [1.54, 1.807) is 0 Å². The summed E-state index contributed by atoms with van der Waals surface area (Å²) in [6, 6.07) is 13.5. The van der Waals surface area contributed by atoms with Gasteiger partial charge in [-0.1, -0.05) is 28.1 Å². The molecule has 0 saturated heterocycles. The highest BCUT2D eigenvalue weighted by atomic mass is 127. The van der Waals surface area contributed by atoms with Gasteiger partial charge in [0.15, 0.2) is 0 Å². The van der Waals surface area contributed by atoms with E-state index in [2.05, 4.69) is 38.5 Å². The van der Waals surface area contributed by atoms with Crippen LogP contribution in [0.3, 0.4) is 0 Å². The molecular weight excluding hydrogens is 431 g/mol. The monoisotopic (exact) mass is 446 g/mol. The van der Waals surface area contributed by atoms with Gasteiger partial charge in [-0.15, -0.1) is 0 Å². The lowest BCUT2D eigenvalue weighted by Crippen LogP contribution is -2.06. The van der Waals surface area contributed by atoms with E-state index in [0.29, 0.717) is 0 Å². The Hall–Kier alpha value is -0.590. The highest BCUT2D eigenvalue weighted by molar-refractivity contribution is 14.1. The lowest BCUT2D eigenvalue weighted by atomic mass is 10.0. The van der Waals surface area contributed by atoms with E-state index < -0.39 is 6.10 Å². The third kappa shape index (κ3) is 3.96. The third-order valence-corrected chi connectivity index (χ3v) is 4.30. The summed E-state index contributed by atoms with van der Waals surface area (Å²) in [4.78, 5) is 0. The summed E-state index contributed by atoms with van der Waals surface area (Å²) in [5, 5.41) is 10.5. The summed E-state index contributed by atoms with van der Waals surface area (Å²) in [7, 11) is 0. The van der Waals surface area contributed by atoms with Crippen molar-refractivity contribution in [2.24, 2.45) is 0 Å². The first kappa shape index (κ1) is 15.8. The molecule has 0 saturated carbocycles. The molecule has 0 spiro atoms. The summed E-state index contributed by atoms with van der Waals surface area (Å²) in [5.74, 6) is 0.819. The van der Waals surface area contributed by atoms with Crippen LogP contribution in [0.5, 0.6) is 5.75 Å². The van der Waals surface area contributed by atoms with Crippen molar-refractivity contribution in [3.8, 4) is 5.75 Å². The molecule has 0 heterocycles. The van der Waals surface area contributed by atoms with Gasteiger partial charge >= 0.3 is 0 Å². The van der Waals surface area contributed by atoms with Crippen LogP contribution in [0.25, 0.3) is 0 Å². The quantitative estimate of drug-likeness (QED) is 0.675. The predicted molar refractivity (Wildman–Crippen MR) is 93.1 cm³/mol. The second kappa shape index (κ2) is 6.91. The van der Waals surface area contributed by atoms with Gasteiger partial charge in [0.2, 0.25) is 0 Å². The first-order valence-corrected chi connectivity index (χ1v) is 8.24. The molecule has 2 aromatic rings. The minimum atomic E-state index is -0.632. The van der Waals surface area contributed by atoms with Crippen molar-refractivity contribution in [1.82, 2.24) is 0 Å². The van der Waals surface area contributed by atoms with E-state index in [0.717, 1.165) is 24.9 Å². The van der Waals surface area contributed by atoms with Crippen molar-refractivity contribution < 1.29 is 9.84 Å². The highest BCUT2D eigenvalue weighted by Gasteiger charge is 2.14. The van der Waals surface area contributed by atoms with Gasteiger partial charge in [-0.3, -0.25) is 0 Å². The molecule has 1 N–H and O–H groups in total. The van der Waals surface area contributed by atoms with Crippen molar-refractivity contribution in [3.05, 3.63) is 61.6 Å². The van der Waals surface area contributed by atoms with Crippen LogP contribution >= 0.6 is 38.5 Å². The lowest BCUT2D eigenvalue weighted by molar-refractivity contribution is 0.218. The van der Waals surface area contributed by atoms with E-state index >= 15 is 0 Å². The van der Waals surface area contributed by atoms with Gasteiger partial charge in [0.05, 0.1) is 6.10 Å². The summed E-state index contributed by atoms with van der Waals surface area (Å²) in [6.07, 6.45) is -0.482. The first-order chi connectivity index (χ1) is 9.47. The van der Waals surface area contributed by atoms with Crippen LogP contribution in [0.15, 0.2) is 46.9 Å². The molecule has 0 aliphatic carbocycles. The molecule has 2 rings (SSSR count). The van der Waals surface area contributed by atoms with Crippen LogP contribution in [-0.4, -0.2) is 11.2 Å². The van der Waals surface area contributed by atoms with Crippen LogP contribution < -0.4 is 4.74 Å². The molecular formula is C16H16BrIO2. The van der Waals surface area contributed by atoms with E-state index in [1.807, 2.05) is 56.3 Å². The zero-order valence-electron chi connectivity index (χ0n) is 11.3. The first-order valence-electron chi connectivity index (χ1n) is 6.37. The Morgan fingerprint density at radius 2 is 1.75 bits per heavy atom. The fourth-order valence-corrected chi connectivity index (χ4v) is 2.91. The average molecular weight is 447 g/mol. The highest BCUT2D eigenvalue weighted by Crippen LogP contribution is 2.29. The van der Waals surface area contributed by atoms with Crippen molar-refractivity contribution in [2.45, 2.75) is 26.1 Å². The maximum atomic E-state index is 10.5. The Kier molecular flexibility index (Phi) is 5.46. The van der Waals surface area contributed by atoms with Crippen molar-refractivity contribution in [3.63, 3.8) is 0 Å². The lowest BCUT2D eigenvalue weighted by Gasteiger charge is -2.15. The summed E-state index contributed by atoms with van der Waals surface area (Å²) < 4.78 is 7.61. The van der Waals surface area contributed by atoms with E-state index in [9.17, 15) is 5.11 Å². The fraction of sp³-hybridized carbons (Fsp3) is 0.250. The Labute approximate surface area is 141 Å². The number of aliphatic hydroxyl groups excluding tert-OH is 1. The van der Waals surface area contributed by atoms with Crippen LogP contribution in [0.1, 0.15) is 31.1 Å². The molecule has 0 amide bonds. The molecule has 0 bridgehead atoms. The smallest absolute Gasteiger partial charge is 0.119 e. The van der Waals surface area contributed by atoms with Gasteiger partial charge in [0.1, 0.15) is 11.9 Å².